The molecule has 0 unspecified atom stereocenters. The van der Waals surface area contributed by atoms with Gasteiger partial charge in [-0.1, -0.05) is 0 Å². The molecule has 2 aliphatic rings. The van der Waals surface area contributed by atoms with Gasteiger partial charge in [0.2, 0.25) is 5.95 Å². The summed E-state index contributed by atoms with van der Waals surface area (Å²) in [6.45, 7) is 2.76. The molecule has 1 aromatic rings. The summed E-state index contributed by atoms with van der Waals surface area (Å²) in [5.41, 5.74) is 0.852. The van der Waals surface area contributed by atoms with E-state index in [1.165, 1.54) is 11.9 Å². The topological polar surface area (TPSA) is 87.7 Å². The Morgan fingerprint density at radius 1 is 1.33 bits per heavy atom. The highest BCUT2D eigenvalue weighted by molar-refractivity contribution is 6.13. The molecule has 3 heterocycles. The molecule has 2 fully saturated rings. The molecule has 1 N–H and O–H groups in total. The van der Waals surface area contributed by atoms with Gasteiger partial charge in [-0.2, -0.15) is 0 Å². The lowest BCUT2D eigenvalue weighted by Gasteiger charge is -2.26. The van der Waals surface area contributed by atoms with Crippen molar-refractivity contribution in [1.29, 1.82) is 0 Å². The zero-order valence-corrected chi connectivity index (χ0v) is 11.6. The molecule has 0 saturated carbocycles. The van der Waals surface area contributed by atoms with E-state index in [1.54, 1.807) is 18.3 Å². The van der Waals surface area contributed by atoms with E-state index in [-0.39, 0.29) is 5.70 Å². The van der Waals surface area contributed by atoms with Gasteiger partial charge in [0.15, 0.2) is 0 Å². The number of ether oxygens (including phenoxy) is 1. The number of amides is 3. The molecule has 110 valence electrons. The number of carbonyl (C=O) groups excluding carboxylic acids is 2. The predicted molar refractivity (Wildman–Crippen MR) is 74.3 cm³/mol. The number of nitrogens with zero attached hydrogens (tertiary/aromatic N) is 4. The molecule has 8 nitrogen and oxygen atoms in total. The Balaban J connectivity index is 1.86. The zero-order valence-electron chi connectivity index (χ0n) is 11.6. The van der Waals surface area contributed by atoms with Crippen LogP contribution < -0.4 is 10.2 Å². The van der Waals surface area contributed by atoms with Crippen molar-refractivity contribution in [3.05, 3.63) is 23.7 Å². The minimum absolute atomic E-state index is 0.270. The van der Waals surface area contributed by atoms with E-state index in [4.69, 9.17) is 4.74 Å². The average molecular weight is 289 g/mol. The van der Waals surface area contributed by atoms with Gasteiger partial charge < -0.3 is 9.64 Å². The average Bonchev–Trinajstić information content (AvgIpc) is 2.75. The lowest BCUT2D eigenvalue weighted by Crippen LogP contribution is -2.37. The third-order valence-electron chi connectivity index (χ3n) is 3.36. The maximum atomic E-state index is 11.7. The molecular formula is C13H15N5O3. The van der Waals surface area contributed by atoms with Gasteiger partial charge in [0.1, 0.15) is 5.70 Å². The second kappa shape index (κ2) is 5.49. The third kappa shape index (κ3) is 2.70. The van der Waals surface area contributed by atoms with Crippen LogP contribution in [0.5, 0.6) is 0 Å². The summed E-state index contributed by atoms with van der Waals surface area (Å²) in [6, 6.07) is 1.26. The number of urea groups is 1. The van der Waals surface area contributed by atoms with E-state index < -0.39 is 11.9 Å². The first-order chi connectivity index (χ1) is 10.1. The van der Waals surface area contributed by atoms with Crippen LogP contribution in [0.1, 0.15) is 5.69 Å². The van der Waals surface area contributed by atoms with Gasteiger partial charge in [-0.05, 0) is 12.1 Å². The first-order valence-electron chi connectivity index (χ1n) is 6.61. The number of imide groups is 1. The van der Waals surface area contributed by atoms with Crippen LogP contribution in [0.25, 0.3) is 6.08 Å². The molecule has 8 heteroatoms. The van der Waals surface area contributed by atoms with Gasteiger partial charge >= 0.3 is 6.03 Å². The second-order valence-corrected chi connectivity index (χ2v) is 4.73. The smallest absolute Gasteiger partial charge is 0.328 e. The summed E-state index contributed by atoms with van der Waals surface area (Å²) < 4.78 is 5.29. The quantitative estimate of drug-likeness (QED) is 0.601. The Kier molecular flexibility index (Phi) is 3.53. The first-order valence-corrected chi connectivity index (χ1v) is 6.61. The largest absolute Gasteiger partial charge is 0.378 e. The Bertz CT molecular complexity index is 610. The van der Waals surface area contributed by atoms with Gasteiger partial charge in [0, 0.05) is 26.3 Å². The molecule has 0 aromatic carbocycles. The number of aromatic nitrogens is 2. The van der Waals surface area contributed by atoms with Crippen LogP contribution in [0.15, 0.2) is 18.0 Å². The molecular weight excluding hydrogens is 274 g/mol. The molecule has 1 aromatic heterocycles. The summed E-state index contributed by atoms with van der Waals surface area (Å²) in [7, 11) is 1.54. The molecule has 21 heavy (non-hydrogen) atoms. The summed E-state index contributed by atoms with van der Waals surface area (Å²) in [6.07, 6.45) is 3.21. The number of likely N-dealkylation sites (N-methyl/N-ethyl adjacent to an activating group) is 1. The molecule has 3 rings (SSSR count). The Hall–Kier alpha value is -2.48. The Morgan fingerprint density at radius 2 is 2.10 bits per heavy atom. The van der Waals surface area contributed by atoms with E-state index in [1.807, 2.05) is 4.90 Å². The minimum atomic E-state index is -0.436. The minimum Gasteiger partial charge on any atom is -0.378 e. The molecule has 0 bridgehead atoms. The number of hydrogen-bond donors (Lipinski definition) is 1. The zero-order chi connectivity index (χ0) is 14.8. The second-order valence-electron chi connectivity index (χ2n) is 4.73. The molecule has 0 radical (unpaired) electrons. The van der Waals surface area contributed by atoms with Crippen LogP contribution in [0.4, 0.5) is 10.7 Å². The van der Waals surface area contributed by atoms with Crippen LogP contribution in [0.3, 0.4) is 0 Å². The van der Waals surface area contributed by atoms with Crippen molar-refractivity contribution in [2.75, 3.05) is 38.3 Å². The number of morpholine rings is 1. The lowest BCUT2D eigenvalue weighted by atomic mass is 10.3. The number of rotatable bonds is 2. The molecule has 2 saturated heterocycles. The molecule has 0 spiro atoms. The highest BCUT2D eigenvalue weighted by atomic mass is 16.5. The standard InChI is InChI=1S/C13H15N5O3/c1-17-10(11(19)16-13(17)20)8-9-2-3-14-12(15-9)18-4-6-21-7-5-18/h2-3,8H,4-7H2,1H3,(H,16,19,20)/b10-8+. The van der Waals surface area contributed by atoms with Crippen LogP contribution in [-0.4, -0.2) is 60.2 Å². The highest BCUT2D eigenvalue weighted by Crippen LogP contribution is 2.16. The van der Waals surface area contributed by atoms with Gasteiger partial charge in [-0.15, -0.1) is 0 Å². The van der Waals surface area contributed by atoms with E-state index >= 15 is 0 Å². The lowest BCUT2D eigenvalue weighted by molar-refractivity contribution is -0.115. The molecule has 2 aliphatic heterocycles. The number of nitrogens with one attached hydrogen (secondary N) is 1. The normalized spacial score (nSPS) is 21.1. The fourth-order valence-corrected chi connectivity index (χ4v) is 2.17. The van der Waals surface area contributed by atoms with Gasteiger partial charge in [-0.3, -0.25) is 15.0 Å². The molecule has 3 amide bonds. The number of carbonyl (C=O) groups is 2. The van der Waals surface area contributed by atoms with E-state index in [9.17, 15) is 9.59 Å². The molecule has 0 aliphatic carbocycles. The summed E-state index contributed by atoms with van der Waals surface area (Å²) in [5.74, 6) is 0.175. The van der Waals surface area contributed by atoms with E-state index in [2.05, 4.69) is 15.3 Å². The van der Waals surface area contributed by atoms with E-state index in [0.29, 0.717) is 24.9 Å². The molecule has 0 atom stereocenters. The van der Waals surface area contributed by atoms with Crippen molar-refractivity contribution in [2.24, 2.45) is 0 Å². The van der Waals surface area contributed by atoms with Crippen molar-refractivity contribution in [1.82, 2.24) is 20.2 Å². The first kappa shape index (κ1) is 13.5. The van der Waals surface area contributed by atoms with Crippen molar-refractivity contribution in [3.8, 4) is 0 Å². The third-order valence-corrected chi connectivity index (χ3v) is 3.36. The number of anilines is 1. The fourth-order valence-electron chi connectivity index (χ4n) is 2.17. The SMILES string of the molecule is CN1C(=O)NC(=O)/C1=C\c1ccnc(N2CCOCC2)n1. The maximum Gasteiger partial charge on any atom is 0.328 e. The van der Waals surface area contributed by atoms with Gasteiger partial charge in [-0.25, -0.2) is 14.8 Å². The summed E-state index contributed by atoms with van der Waals surface area (Å²) in [5, 5.41) is 2.22. The Morgan fingerprint density at radius 3 is 2.76 bits per heavy atom. The monoisotopic (exact) mass is 289 g/mol. The van der Waals surface area contributed by atoms with Gasteiger partial charge in [0.05, 0.1) is 18.9 Å². The fraction of sp³-hybridized carbons (Fsp3) is 0.385. The van der Waals surface area contributed by atoms with Crippen molar-refractivity contribution < 1.29 is 14.3 Å². The van der Waals surface area contributed by atoms with Crippen molar-refractivity contribution in [3.63, 3.8) is 0 Å². The van der Waals surface area contributed by atoms with Gasteiger partial charge in [0.25, 0.3) is 5.91 Å². The van der Waals surface area contributed by atoms with Crippen LogP contribution in [0, 0.1) is 0 Å². The van der Waals surface area contributed by atoms with Crippen LogP contribution in [-0.2, 0) is 9.53 Å². The summed E-state index contributed by atoms with van der Waals surface area (Å²) in [4.78, 5) is 35.0. The van der Waals surface area contributed by atoms with Crippen molar-refractivity contribution >= 4 is 24.0 Å². The Labute approximate surface area is 121 Å². The van der Waals surface area contributed by atoms with Crippen LogP contribution in [0.2, 0.25) is 0 Å². The van der Waals surface area contributed by atoms with Crippen molar-refractivity contribution in [2.45, 2.75) is 0 Å². The summed E-state index contributed by atoms with van der Waals surface area (Å²) >= 11 is 0. The van der Waals surface area contributed by atoms with E-state index in [0.717, 1.165) is 13.1 Å². The van der Waals surface area contributed by atoms with Crippen LogP contribution >= 0.6 is 0 Å². The number of hydrogen-bond acceptors (Lipinski definition) is 6. The maximum absolute atomic E-state index is 11.7. The predicted octanol–water partition coefficient (Wildman–Crippen LogP) is -0.164. The highest BCUT2D eigenvalue weighted by Gasteiger charge is 2.29.